The van der Waals surface area contributed by atoms with E-state index in [9.17, 15) is 57.1 Å². The minimum Gasteiger partial charge on any atom is -1.00 e. The van der Waals surface area contributed by atoms with Gasteiger partial charge in [-0.3, -0.25) is 0 Å². The van der Waals surface area contributed by atoms with Crippen molar-refractivity contribution in [1.82, 2.24) is 0 Å². The molecule has 0 aromatic heterocycles. The number of alkyl halides is 13. The third kappa shape index (κ3) is 3.73. The third-order valence-corrected chi connectivity index (χ3v) is 3.99. The van der Waals surface area contributed by atoms with Gasteiger partial charge in [-0.2, -0.15) is 57.1 Å². The van der Waals surface area contributed by atoms with Gasteiger partial charge in [-0.1, -0.05) is 0 Å². The van der Waals surface area contributed by atoms with Crippen LogP contribution in [0.15, 0.2) is 12.3 Å². The normalized spacial score (nSPS) is 21.2. The molecule has 0 aromatic rings. The van der Waals surface area contributed by atoms with Gasteiger partial charge < -0.3 is 28.9 Å². The Hall–Kier alpha value is -0.480. The monoisotopic (exact) mass is 543 g/mol. The molecule has 2 unspecified atom stereocenters. The van der Waals surface area contributed by atoms with Crippen LogP contribution in [-0.4, -0.2) is 48.4 Å². The average Bonchev–Trinajstić information content (AvgIpc) is 2.98. The van der Waals surface area contributed by atoms with Crippen molar-refractivity contribution in [2.45, 2.75) is 55.2 Å². The summed E-state index contributed by atoms with van der Waals surface area (Å²) in [6.07, 6.45) is -5.35. The van der Waals surface area contributed by atoms with Crippen LogP contribution in [0, 0.1) is 0 Å². The molecule has 0 bridgehead atoms. The van der Waals surface area contributed by atoms with Crippen LogP contribution in [0.5, 0.6) is 0 Å². The van der Waals surface area contributed by atoms with Crippen molar-refractivity contribution in [2.24, 2.45) is 0 Å². The molecule has 0 saturated carbocycles. The van der Waals surface area contributed by atoms with Crippen molar-refractivity contribution >= 4 is 0 Å². The minimum atomic E-state index is -7.85. The van der Waals surface area contributed by atoms with Crippen molar-refractivity contribution in [1.29, 1.82) is 0 Å². The van der Waals surface area contributed by atoms with E-state index in [1.807, 2.05) is 0 Å². The second-order valence-corrected chi connectivity index (χ2v) is 5.66. The molecular weight excluding hydrogens is 532 g/mol. The van der Waals surface area contributed by atoms with E-state index in [1.54, 1.807) is 0 Å². The van der Waals surface area contributed by atoms with Gasteiger partial charge in [-0.15, -0.1) is 0 Å². The topological polar surface area (TPSA) is 4.44 Å². The van der Waals surface area contributed by atoms with Crippen LogP contribution in [0.2, 0.25) is 0 Å². The molecule has 0 amide bonds. The van der Waals surface area contributed by atoms with Crippen LogP contribution < -0.4 is 28.9 Å². The molecule has 1 rings (SSSR count). The van der Waals surface area contributed by atoms with Gasteiger partial charge >= 0.3 is 35.8 Å². The Morgan fingerprint density at radius 3 is 1.44 bits per heavy atom. The summed E-state index contributed by atoms with van der Waals surface area (Å²) in [7, 11) is 0. The Morgan fingerprint density at radius 1 is 0.704 bits per heavy atom. The zero-order valence-corrected chi connectivity index (χ0v) is 15.1. The first-order valence-corrected chi connectivity index (χ1v) is 6.75. The molecule has 1 aliphatic heterocycles. The van der Waals surface area contributed by atoms with E-state index in [0.717, 1.165) is 6.20 Å². The Labute approximate surface area is 160 Å². The molecule has 15 heteroatoms. The predicted octanol–water partition coefficient (Wildman–Crippen LogP) is 0.920. The van der Waals surface area contributed by atoms with E-state index in [4.69, 9.17) is 0 Å². The number of rotatable bonds is 6. The Bertz CT molecular complexity index is 554. The van der Waals surface area contributed by atoms with Gasteiger partial charge in [0, 0.05) is 6.42 Å². The number of halogens is 14. The third-order valence-electron chi connectivity index (χ3n) is 3.99. The highest BCUT2D eigenvalue weighted by Gasteiger charge is 2.91. The maximum absolute atomic E-state index is 13.8. The molecule has 1 aliphatic rings. The van der Waals surface area contributed by atoms with Gasteiger partial charge in [0.15, 0.2) is 6.04 Å². The summed E-state index contributed by atoms with van der Waals surface area (Å²) in [4.78, 5) is -0.573. The van der Waals surface area contributed by atoms with Crippen molar-refractivity contribution < 1.29 is 86.0 Å². The van der Waals surface area contributed by atoms with E-state index in [0.29, 0.717) is 0 Å². The molecular formula is C12H11F13IN. The molecule has 0 saturated heterocycles. The Morgan fingerprint density at radius 2 is 1.11 bits per heavy atom. The first-order chi connectivity index (χ1) is 11.3. The van der Waals surface area contributed by atoms with Crippen molar-refractivity contribution in [2.75, 3.05) is 6.54 Å². The zero-order chi connectivity index (χ0) is 21.0. The molecule has 0 aliphatic carbocycles. The largest absolute Gasteiger partial charge is 1.00 e. The lowest BCUT2D eigenvalue weighted by molar-refractivity contribution is -0.879. The number of hydrogen-bond acceptors (Lipinski definition) is 0. The van der Waals surface area contributed by atoms with Crippen LogP contribution in [-0.2, 0) is 0 Å². The van der Waals surface area contributed by atoms with Gasteiger partial charge in [0.1, 0.15) is 0 Å². The first kappa shape index (κ1) is 26.5. The number of quaternary nitrogens is 1. The molecule has 27 heavy (non-hydrogen) atoms. The molecule has 0 fully saturated rings. The van der Waals surface area contributed by atoms with E-state index < -0.39 is 46.7 Å². The smallest absolute Gasteiger partial charge is 0.460 e. The van der Waals surface area contributed by atoms with Crippen molar-refractivity contribution in [3.05, 3.63) is 12.3 Å². The number of hydrogen-bond donors (Lipinski definition) is 1. The zero-order valence-electron chi connectivity index (χ0n) is 12.9. The molecule has 1 N–H and O–H groups in total. The second-order valence-electron chi connectivity index (χ2n) is 5.66. The summed E-state index contributed by atoms with van der Waals surface area (Å²) in [5.74, 6) is -36.5. The lowest BCUT2D eigenvalue weighted by Gasteiger charge is -2.41. The Balaban J connectivity index is 0.00000676. The molecule has 162 valence electrons. The lowest BCUT2D eigenvalue weighted by atomic mass is 9.90. The maximum Gasteiger partial charge on any atom is 0.460 e. The second kappa shape index (κ2) is 7.40. The van der Waals surface area contributed by atoms with Crippen LogP contribution in [0.25, 0.3) is 0 Å². The van der Waals surface area contributed by atoms with E-state index >= 15 is 0 Å². The maximum atomic E-state index is 13.8. The van der Waals surface area contributed by atoms with E-state index in [2.05, 4.69) is 0 Å². The Kier molecular flexibility index (Phi) is 7.27. The first-order valence-electron chi connectivity index (χ1n) is 6.75. The summed E-state index contributed by atoms with van der Waals surface area (Å²) in [5, 5.41) is 0. The van der Waals surface area contributed by atoms with Gasteiger partial charge in [-0.05, 0) is 13.0 Å². The highest BCUT2D eigenvalue weighted by Crippen LogP contribution is 2.60. The van der Waals surface area contributed by atoms with Gasteiger partial charge in [0.2, 0.25) is 0 Å². The summed E-state index contributed by atoms with van der Waals surface area (Å²) >= 11 is 0. The molecule has 0 spiro atoms. The van der Waals surface area contributed by atoms with E-state index in [-0.39, 0.29) is 43.9 Å². The van der Waals surface area contributed by atoms with Gasteiger partial charge in [0.05, 0.1) is 12.7 Å². The highest BCUT2D eigenvalue weighted by atomic mass is 127. The molecule has 1 heterocycles. The lowest BCUT2D eigenvalue weighted by Crippen LogP contribution is -3.12. The number of nitrogens with one attached hydrogen (secondary N) is 1. The van der Waals surface area contributed by atoms with Crippen LogP contribution in [0.3, 0.4) is 0 Å². The quantitative estimate of drug-likeness (QED) is 0.376. The van der Waals surface area contributed by atoms with Gasteiger partial charge in [-0.25, -0.2) is 0 Å². The summed E-state index contributed by atoms with van der Waals surface area (Å²) in [6.45, 7) is -0.0808. The van der Waals surface area contributed by atoms with Crippen LogP contribution >= 0.6 is 0 Å². The fourth-order valence-corrected chi connectivity index (χ4v) is 2.22. The molecule has 1 nitrogen and oxygen atoms in total. The standard InChI is InChI=1S/C12H10F13N.HI/c1-6(26-4-2-3-5-26)7(13,14)8(15,16)9(17,18)10(19,20)11(21,22)12(23,24)25;/h2,4,6H,3,5H2,1H3;1H. The predicted molar refractivity (Wildman–Crippen MR) is 59.8 cm³/mol. The fourth-order valence-electron chi connectivity index (χ4n) is 2.22. The summed E-state index contributed by atoms with van der Waals surface area (Å²) < 4.78 is 169. The average molecular weight is 543 g/mol. The minimum absolute atomic E-state index is 0. The molecule has 2 atom stereocenters. The van der Waals surface area contributed by atoms with Gasteiger partial charge in [0.25, 0.3) is 0 Å². The van der Waals surface area contributed by atoms with E-state index in [1.165, 1.54) is 6.08 Å². The fraction of sp³-hybridized carbons (Fsp3) is 0.833. The molecule has 0 aromatic carbocycles. The van der Waals surface area contributed by atoms with Crippen LogP contribution in [0.4, 0.5) is 57.1 Å². The van der Waals surface area contributed by atoms with Crippen molar-refractivity contribution in [3.8, 4) is 0 Å². The van der Waals surface area contributed by atoms with Crippen LogP contribution in [0.1, 0.15) is 13.3 Å². The van der Waals surface area contributed by atoms with Crippen molar-refractivity contribution in [3.63, 3.8) is 0 Å². The molecule has 0 radical (unpaired) electrons. The summed E-state index contributed by atoms with van der Waals surface area (Å²) in [6, 6.07) is -2.82. The highest BCUT2D eigenvalue weighted by molar-refractivity contribution is 5.11. The summed E-state index contributed by atoms with van der Waals surface area (Å²) in [5.41, 5.74) is 0. The SMILES string of the molecule is CC([NH+]1C=CCC1)C(F)(F)C(F)(F)C(F)(F)C(F)(F)C(F)(F)C(F)(F)F.[I-].